The summed E-state index contributed by atoms with van der Waals surface area (Å²) in [4.78, 5) is 9.71. The first-order valence-electron chi connectivity index (χ1n) is 29.9. The van der Waals surface area contributed by atoms with Gasteiger partial charge in [0, 0.05) is 83.2 Å². The summed E-state index contributed by atoms with van der Waals surface area (Å²) in [6.45, 7) is 44.0. The van der Waals surface area contributed by atoms with Gasteiger partial charge in [-0.05, 0) is 137 Å². The Kier molecular flexibility index (Phi) is 14.6. The summed E-state index contributed by atoms with van der Waals surface area (Å²) in [5, 5.41) is 4.17. The number of furan rings is 1. The molecule has 0 fully saturated rings. The first-order valence-corrected chi connectivity index (χ1v) is 29.9. The summed E-state index contributed by atoms with van der Waals surface area (Å²) < 4.78 is 15.8. The normalized spacial score (nSPS) is 13.6. The fourth-order valence-electron chi connectivity index (χ4n) is 11.8. The van der Waals surface area contributed by atoms with E-state index in [2.05, 4.69) is 285 Å². The number of nitrogens with zero attached hydrogens (tertiary/aromatic N) is 4. The molecule has 438 valence electrons. The Balaban J connectivity index is 0.00000752. The number of para-hydroxylation sites is 3. The van der Waals surface area contributed by atoms with Gasteiger partial charge in [-0.1, -0.05) is 202 Å². The van der Waals surface area contributed by atoms with E-state index in [0.717, 1.165) is 72.3 Å². The number of hydrogen-bond donors (Lipinski definition) is 0. The van der Waals surface area contributed by atoms with E-state index in [1.54, 1.807) is 0 Å². The number of rotatable bonds is 7. The van der Waals surface area contributed by atoms with Gasteiger partial charge < -0.3 is 23.5 Å². The molecule has 3 aromatic heterocycles. The Morgan fingerprint density at radius 3 is 1.52 bits per heavy atom. The van der Waals surface area contributed by atoms with Gasteiger partial charge in [0.15, 0.2) is 0 Å². The van der Waals surface area contributed by atoms with Gasteiger partial charge in [-0.15, -0.1) is 42.7 Å². The molecule has 12 rings (SSSR count). The van der Waals surface area contributed by atoms with Crippen LogP contribution in [-0.2, 0) is 53.6 Å². The topological polar surface area (TPSA) is 46.7 Å². The average molecular weight is 1300 g/mol. The molecule has 4 heterocycles. The first-order chi connectivity index (χ1) is 39.4. The molecule has 11 aromatic rings. The Morgan fingerprint density at radius 2 is 0.953 bits per heavy atom. The second kappa shape index (κ2) is 20.9. The van der Waals surface area contributed by atoms with Gasteiger partial charge in [-0.25, -0.2) is 4.98 Å². The summed E-state index contributed by atoms with van der Waals surface area (Å²) in [7, 11) is 0. The molecule has 1 aliphatic rings. The van der Waals surface area contributed by atoms with Crippen LogP contribution in [-0.4, -0.2) is 9.55 Å². The third kappa shape index (κ3) is 11.0. The smallest absolute Gasteiger partial charge is 0.135 e. The predicted octanol–water partition coefficient (Wildman–Crippen LogP) is 22.0. The number of fused-ring (bicyclic) bond motifs is 8. The molecule has 8 aromatic carbocycles. The molecular weight excluding hydrogens is 1220 g/mol. The SMILES string of the molecule is CC(C)(C)c1cc(-c2cc(C(C)(C)C)cc(-c3cc(C(C)(C)C)cc(C(C)(C)C)c3)c2N2[CH-]N(c3[c-]c(Oc4[c-]c5c(cc4)c4c6oc7ccccc7c6ccc4n5-c4cc(C(C)(C)C)ccn4)ccc3)c3ccccc32)cc(C(C)(C)C)c1.[Pt]. The summed E-state index contributed by atoms with van der Waals surface area (Å²) in [6.07, 6.45) is 1.91. The van der Waals surface area contributed by atoms with Crippen LogP contribution in [0.25, 0.3) is 71.8 Å². The van der Waals surface area contributed by atoms with Gasteiger partial charge in [0.1, 0.15) is 17.0 Å². The van der Waals surface area contributed by atoms with Crippen molar-refractivity contribution in [3.63, 3.8) is 0 Å². The zero-order valence-electron chi connectivity index (χ0n) is 53.0. The second-order valence-electron chi connectivity index (χ2n) is 29.6. The molecule has 0 bridgehead atoms. The summed E-state index contributed by atoms with van der Waals surface area (Å²) in [5.74, 6) is 1.94. The van der Waals surface area contributed by atoms with Crippen molar-refractivity contribution in [3.05, 3.63) is 210 Å². The van der Waals surface area contributed by atoms with Crippen LogP contribution in [0.15, 0.2) is 162 Å². The van der Waals surface area contributed by atoms with Crippen LogP contribution >= 0.6 is 0 Å². The van der Waals surface area contributed by atoms with E-state index in [1.165, 1.54) is 55.6 Å². The van der Waals surface area contributed by atoms with Crippen molar-refractivity contribution < 1.29 is 30.2 Å². The van der Waals surface area contributed by atoms with Gasteiger partial charge in [0.05, 0.1) is 0 Å². The fraction of sp³-hybridized carbons (Fsp3) is 0.308. The molecule has 0 aliphatic carbocycles. The molecule has 0 radical (unpaired) electrons. The largest absolute Gasteiger partial charge is 0.509 e. The molecule has 0 unspecified atom stereocenters. The first kappa shape index (κ1) is 59.3. The quantitative estimate of drug-likeness (QED) is 0.149. The number of anilines is 4. The molecule has 0 saturated heterocycles. The minimum Gasteiger partial charge on any atom is -0.509 e. The molecule has 0 atom stereocenters. The Morgan fingerprint density at radius 1 is 0.447 bits per heavy atom. The standard InChI is InChI=1S/C78H81N4O2.Pt/c1-73(2,3)50-34-35-79-69(44-50)82-66-33-32-60-59-26-19-22-29-68(59)84-72(60)70(66)61-31-30-58(46-67(61)82)83-57-25-23-24-56(45-57)80-47-81(65-28-21-20-27-64(65)80)71-62(48-36-51(74(4,5)6)40-52(37-48)75(7,8)9)42-55(78(16,17)18)43-63(71)49-38-53(76(10,11)12)41-54(39-49)77(13,14)15;/h19-44,47H,1-18H3;/q-3;. The van der Waals surface area contributed by atoms with Crippen LogP contribution in [0.1, 0.15) is 158 Å². The van der Waals surface area contributed by atoms with Gasteiger partial charge in [0.2, 0.25) is 0 Å². The Hall–Kier alpha value is -7.40. The minimum absolute atomic E-state index is 0. The Labute approximate surface area is 519 Å². The van der Waals surface area contributed by atoms with Crippen molar-refractivity contribution in [3.8, 4) is 39.6 Å². The van der Waals surface area contributed by atoms with E-state index < -0.39 is 0 Å². The van der Waals surface area contributed by atoms with E-state index in [1.807, 2.05) is 30.5 Å². The Bertz CT molecular complexity index is 4240. The van der Waals surface area contributed by atoms with Gasteiger partial charge in [0.25, 0.3) is 0 Å². The van der Waals surface area contributed by atoms with Gasteiger partial charge >= 0.3 is 0 Å². The molecule has 85 heavy (non-hydrogen) atoms. The van der Waals surface area contributed by atoms with Crippen molar-refractivity contribution in [2.24, 2.45) is 0 Å². The van der Waals surface area contributed by atoms with E-state index in [0.29, 0.717) is 11.5 Å². The molecule has 0 spiro atoms. The van der Waals surface area contributed by atoms with Crippen molar-refractivity contribution in [2.75, 3.05) is 9.80 Å². The number of benzene rings is 8. The van der Waals surface area contributed by atoms with Crippen LogP contribution in [0.3, 0.4) is 0 Å². The zero-order valence-corrected chi connectivity index (χ0v) is 55.3. The zero-order chi connectivity index (χ0) is 59.8. The fourth-order valence-corrected chi connectivity index (χ4v) is 11.8. The second-order valence-corrected chi connectivity index (χ2v) is 29.6. The molecule has 6 nitrogen and oxygen atoms in total. The molecule has 0 amide bonds. The van der Waals surface area contributed by atoms with Gasteiger partial charge in [-0.3, -0.25) is 0 Å². The van der Waals surface area contributed by atoms with Crippen molar-refractivity contribution in [1.29, 1.82) is 0 Å². The molecule has 7 heteroatoms. The van der Waals surface area contributed by atoms with E-state index in [9.17, 15) is 0 Å². The maximum atomic E-state index is 6.92. The van der Waals surface area contributed by atoms with Crippen LogP contribution in [0, 0.1) is 18.8 Å². The van der Waals surface area contributed by atoms with Gasteiger partial charge in [-0.2, -0.15) is 12.1 Å². The summed E-state index contributed by atoms with van der Waals surface area (Å²) in [5.41, 5.74) is 19.5. The van der Waals surface area contributed by atoms with Crippen LogP contribution in [0.5, 0.6) is 11.5 Å². The maximum absolute atomic E-state index is 6.92. The monoisotopic (exact) mass is 1300 g/mol. The van der Waals surface area contributed by atoms with Crippen molar-refractivity contribution in [2.45, 2.75) is 157 Å². The average Bonchev–Trinajstić information content (AvgIpc) is 1.67. The minimum atomic E-state index is -0.160. The van der Waals surface area contributed by atoms with Crippen molar-refractivity contribution >= 4 is 66.5 Å². The van der Waals surface area contributed by atoms with Crippen LogP contribution in [0.4, 0.5) is 22.7 Å². The number of pyridine rings is 1. The molecule has 0 N–H and O–H groups in total. The third-order valence-electron chi connectivity index (χ3n) is 17.0. The van der Waals surface area contributed by atoms with E-state index >= 15 is 0 Å². The van der Waals surface area contributed by atoms with E-state index in [-0.39, 0.29) is 53.6 Å². The number of hydrogen-bond acceptors (Lipinski definition) is 5. The van der Waals surface area contributed by atoms with Crippen molar-refractivity contribution in [1.82, 2.24) is 9.55 Å². The molecule has 0 saturated carbocycles. The maximum Gasteiger partial charge on any atom is 0.135 e. The van der Waals surface area contributed by atoms with Crippen LogP contribution < -0.4 is 14.5 Å². The van der Waals surface area contributed by atoms with Crippen LogP contribution in [0.2, 0.25) is 0 Å². The number of aromatic nitrogens is 2. The third-order valence-corrected chi connectivity index (χ3v) is 17.0. The predicted molar refractivity (Wildman–Crippen MR) is 355 cm³/mol. The summed E-state index contributed by atoms with van der Waals surface area (Å²) >= 11 is 0. The summed E-state index contributed by atoms with van der Waals surface area (Å²) in [6, 6.07) is 63.1. The molecule has 1 aliphatic heterocycles. The van der Waals surface area contributed by atoms with E-state index in [4.69, 9.17) is 14.1 Å². The number of ether oxygens (including phenoxy) is 1. The molecular formula is C78H81N4O2Pt-3.